The lowest BCUT2D eigenvalue weighted by atomic mass is 9.73. The molecule has 2 aromatic carbocycles. The number of carbonyl (C=O) groups excluding carboxylic acids is 3. The number of anilines is 2. The lowest BCUT2D eigenvalue weighted by Gasteiger charge is -2.41. The molecule has 9 heteroatoms. The van der Waals surface area contributed by atoms with E-state index in [1.54, 1.807) is 28.0 Å². The Kier molecular flexibility index (Phi) is 7.73. The number of hydrogen-bond acceptors (Lipinski definition) is 5. The van der Waals surface area contributed by atoms with Gasteiger partial charge in [0.05, 0.1) is 40.8 Å². The Bertz CT molecular complexity index is 1480. The average Bonchev–Trinajstić information content (AvgIpc) is 3.30. The third kappa shape index (κ3) is 4.53. The number of halogens is 1. The van der Waals surface area contributed by atoms with E-state index in [0.717, 1.165) is 5.69 Å². The second-order valence-corrected chi connectivity index (χ2v) is 12.7. The highest BCUT2D eigenvalue weighted by Gasteiger charge is 2.76. The quantitative estimate of drug-likeness (QED) is 0.467. The molecule has 0 radical (unpaired) electrons. The van der Waals surface area contributed by atoms with Crippen molar-refractivity contribution in [2.45, 2.75) is 56.9 Å². The van der Waals surface area contributed by atoms with Gasteiger partial charge in [0.2, 0.25) is 11.8 Å². The smallest absolute Gasteiger partial charge is 0.253 e. The first kappa shape index (κ1) is 29.6. The molecule has 1 N–H and O–H groups in total. The third-order valence-corrected chi connectivity index (χ3v) is 9.76. The maximum atomic E-state index is 14.8. The van der Waals surface area contributed by atoms with Crippen LogP contribution in [0.4, 0.5) is 11.4 Å². The summed E-state index contributed by atoms with van der Waals surface area (Å²) >= 11 is 6.58. The molecular weight excluding hydrogens is 566 g/mol. The molecule has 2 fully saturated rings. The van der Waals surface area contributed by atoms with Gasteiger partial charge in [-0.1, -0.05) is 87.0 Å². The van der Waals surface area contributed by atoms with E-state index in [0.29, 0.717) is 30.1 Å². The summed E-state index contributed by atoms with van der Waals surface area (Å²) in [4.78, 5) is 49.0. The van der Waals surface area contributed by atoms with Crippen molar-refractivity contribution in [1.82, 2.24) is 4.90 Å². The lowest BCUT2D eigenvalue weighted by Crippen LogP contribution is -2.59. The van der Waals surface area contributed by atoms with Gasteiger partial charge in [0.15, 0.2) is 0 Å². The molecule has 1 unspecified atom stereocenters. The molecule has 2 aromatic rings. The van der Waals surface area contributed by atoms with Crippen molar-refractivity contribution in [2.75, 3.05) is 29.5 Å². The van der Waals surface area contributed by atoms with Gasteiger partial charge >= 0.3 is 0 Å². The van der Waals surface area contributed by atoms with Gasteiger partial charge in [-0.2, -0.15) is 0 Å². The second kappa shape index (κ2) is 11.2. The number of likely N-dealkylation sites (tertiary alicyclic amines) is 1. The molecule has 6 atom stereocenters. The lowest BCUT2D eigenvalue weighted by molar-refractivity contribution is -0.149. The van der Waals surface area contributed by atoms with Gasteiger partial charge in [0.1, 0.15) is 11.6 Å². The summed E-state index contributed by atoms with van der Waals surface area (Å²) in [6.45, 7) is 6.22. The highest BCUT2D eigenvalue weighted by Crippen LogP contribution is 2.59. The minimum atomic E-state index is -1.42. The van der Waals surface area contributed by atoms with Crippen molar-refractivity contribution < 1.29 is 24.2 Å². The van der Waals surface area contributed by atoms with Gasteiger partial charge in [0.25, 0.3) is 5.91 Å². The van der Waals surface area contributed by atoms with Gasteiger partial charge in [0, 0.05) is 18.8 Å². The number of aliphatic hydroxyl groups excluding tert-OH is 1. The number of fused-ring (bicyclic) bond motifs is 2. The number of nitrogens with zero attached hydrogens (tertiary/aromatic N) is 3. The first-order valence-electron chi connectivity index (χ1n) is 15.1. The summed E-state index contributed by atoms with van der Waals surface area (Å²) in [5, 5.41) is 11.0. The topological polar surface area (TPSA) is 90.4 Å². The first-order chi connectivity index (χ1) is 20.7. The van der Waals surface area contributed by atoms with Crippen molar-refractivity contribution in [3.8, 4) is 0 Å². The molecule has 2 saturated heterocycles. The van der Waals surface area contributed by atoms with Crippen molar-refractivity contribution in [3.05, 3.63) is 83.9 Å². The van der Waals surface area contributed by atoms with Crippen LogP contribution >= 0.6 is 11.6 Å². The van der Waals surface area contributed by atoms with Crippen LogP contribution in [0.2, 0.25) is 5.02 Å². The molecule has 6 rings (SSSR count). The van der Waals surface area contributed by atoms with E-state index in [-0.39, 0.29) is 36.8 Å². The molecule has 4 aliphatic heterocycles. The largest absolute Gasteiger partial charge is 0.394 e. The normalized spacial score (nSPS) is 30.8. The van der Waals surface area contributed by atoms with E-state index < -0.39 is 35.1 Å². The van der Waals surface area contributed by atoms with Gasteiger partial charge in [-0.15, -0.1) is 0 Å². The predicted octanol–water partition coefficient (Wildman–Crippen LogP) is 4.61. The maximum Gasteiger partial charge on any atom is 0.253 e. The Labute approximate surface area is 257 Å². The molecule has 0 aromatic heterocycles. The summed E-state index contributed by atoms with van der Waals surface area (Å²) in [5.41, 5.74) is -1.26. The molecule has 3 amide bonds. The zero-order valence-electron chi connectivity index (χ0n) is 24.7. The number of hydrogen-bond donors (Lipinski definition) is 1. The average molecular weight is 604 g/mol. The highest BCUT2D eigenvalue weighted by atomic mass is 35.5. The van der Waals surface area contributed by atoms with Crippen molar-refractivity contribution >= 4 is 40.7 Å². The van der Waals surface area contributed by atoms with E-state index in [9.17, 15) is 19.5 Å². The number of amides is 3. The Hall–Kier alpha value is -3.46. The SMILES string of the molecule is CC[C@]12C=CCN(c3ccccc3)C(=O)[C@H]1[C@H]1C(=O)N([C@@H](CO)CC(C)C)C3C(=O)N(c4ccccc4Cl)CC=C[C@@]31O2. The minimum absolute atomic E-state index is 0.143. The molecule has 4 aliphatic rings. The molecule has 8 nitrogen and oxygen atoms in total. The molecule has 0 bridgehead atoms. The van der Waals surface area contributed by atoms with Gasteiger partial charge in [-0.25, -0.2) is 0 Å². The monoisotopic (exact) mass is 603 g/mol. The third-order valence-electron chi connectivity index (χ3n) is 9.44. The molecular formula is C34H38ClN3O5. The summed E-state index contributed by atoms with van der Waals surface area (Å²) in [6, 6.07) is 14.8. The molecule has 0 saturated carbocycles. The van der Waals surface area contributed by atoms with E-state index in [1.807, 2.05) is 81.5 Å². The number of benzene rings is 2. The molecule has 4 heterocycles. The fourth-order valence-electron chi connectivity index (χ4n) is 7.64. The molecule has 1 spiro atoms. The van der Waals surface area contributed by atoms with Crippen molar-refractivity contribution in [3.63, 3.8) is 0 Å². The fourth-order valence-corrected chi connectivity index (χ4v) is 7.88. The van der Waals surface area contributed by atoms with Crippen LogP contribution in [-0.2, 0) is 19.1 Å². The minimum Gasteiger partial charge on any atom is -0.394 e. The van der Waals surface area contributed by atoms with Gasteiger partial charge in [-0.3, -0.25) is 14.4 Å². The summed E-state index contributed by atoms with van der Waals surface area (Å²) in [7, 11) is 0. The maximum absolute atomic E-state index is 14.8. The molecule has 43 heavy (non-hydrogen) atoms. The van der Waals surface area contributed by atoms with E-state index >= 15 is 0 Å². The Morgan fingerprint density at radius 2 is 1.58 bits per heavy atom. The van der Waals surface area contributed by atoms with Crippen LogP contribution in [0.25, 0.3) is 0 Å². The first-order valence-corrected chi connectivity index (χ1v) is 15.5. The highest BCUT2D eigenvalue weighted by molar-refractivity contribution is 6.34. The van der Waals surface area contributed by atoms with Crippen LogP contribution in [0.3, 0.4) is 0 Å². The zero-order chi connectivity index (χ0) is 30.5. The standard InChI is InChI=1S/C34H38ClN3O5/c1-4-33-16-10-18-36(23-12-6-5-7-13-23)30(40)27(33)28-31(41)38(24(21-39)20-22(2)3)29-32(42)37(19-11-17-34(28,29)43-33)26-15-9-8-14-25(26)35/h5-17,22,24,27-29,39H,4,18-21H2,1-3H3/t24-,27-,28+,29?,33+,34+/m1/s1. The summed E-state index contributed by atoms with van der Waals surface area (Å²) in [5.74, 6) is -2.61. The van der Waals surface area contributed by atoms with Crippen LogP contribution in [-0.4, -0.2) is 70.7 Å². The summed E-state index contributed by atoms with van der Waals surface area (Å²) in [6.07, 6.45) is 8.45. The van der Waals surface area contributed by atoms with Gasteiger partial charge in [-0.05, 0) is 43.0 Å². The number of ether oxygens (including phenoxy) is 1. The van der Waals surface area contributed by atoms with Crippen LogP contribution in [0.1, 0.15) is 33.6 Å². The van der Waals surface area contributed by atoms with Crippen molar-refractivity contribution in [2.24, 2.45) is 17.8 Å². The Morgan fingerprint density at radius 3 is 2.26 bits per heavy atom. The number of carbonyl (C=O) groups is 3. The van der Waals surface area contributed by atoms with E-state index in [4.69, 9.17) is 16.3 Å². The summed E-state index contributed by atoms with van der Waals surface area (Å²) < 4.78 is 7.07. The number of para-hydroxylation sites is 2. The van der Waals surface area contributed by atoms with Crippen LogP contribution in [0, 0.1) is 17.8 Å². The second-order valence-electron chi connectivity index (χ2n) is 12.3. The number of rotatable bonds is 7. The van der Waals surface area contributed by atoms with E-state index in [2.05, 4.69) is 0 Å². The zero-order valence-corrected chi connectivity index (χ0v) is 25.5. The number of aliphatic hydroxyl groups is 1. The van der Waals surface area contributed by atoms with Crippen molar-refractivity contribution in [1.29, 1.82) is 0 Å². The molecule has 0 aliphatic carbocycles. The van der Waals surface area contributed by atoms with Crippen LogP contribution in [0.5, 0.6) is 0 Å². The predicted molar refractivity (Wildman–Crippen MR) is 166 cm³/mol. The Morgan fingerprint density at radius 1 is 0.907 bits per heavy atom. The van der Waals surface area contributed by atoms with Gasteiger partial charge < -0.3 is 24.5 Å². The van der Waals surface area contributed by atoms with Crippen LogP contribution < -0.4 is 9.80 Å². The van der Waals surface area contributed by atoms with Crippen LogP contribution in [0.15, 0.2) is 78.9 Å². The Balaban J connectivity index is 1.53. The molecule has 226 valence electrons. The van der Waals surface area contributed by atoms with E-state index in [1.165, 1.54) is 4.90 Å². The fraction of sp³-hybridized carbons (Fsp3) is 0.441.